The van der Waals surface area contributed by atoms with Crippen molar-refractivity contribution in [1.29, 1.82) is 0 Å². The van der Waals surface area contributed by atoms with Crippen molar-refractivity contribution in [3.63, 3.8) is 0 Å². The molecule has 0 atom stereocenters. The number of benzene rings is 1. The second-order valence-corrected chi connectivity index (χ2v) is 3.21. The molecule has 1 heterocycles. The van der Waals surface area contributed by atoms with Gasteiger partial charge in [-0.3, -0.25) is 0 Å². The number of ether oxygens (including phenoxy) is 1. The Labute approximate surface area is 89.9 Å². The quantitative estimate of drug-likeness (QED) is 0.820. The van der Waals surface area contributed by atoms with Gasteiger partial charge in [0.1, 0.15) is 24.6 Å². The third-order valence-corrected chi connectivity index (χ3v) is 1.98. The van der Waals surface area contributed by atoms with E-state index in [2.05, 4.69) is 9.97 Å². The molecule has 0 amide bonds. The highest BCUT2D eigenvalue weighted by atomic mass is 19.1. The summed E-state index contributed by atoms with van der Waals surface area (Å²) in [5, 5.41) is 8.36. The molecule has 84 valence electrons. The van der Waals surface area contributed by atoms with Crippen LogP contribution in [-0.2, 0) is 16.1 Å². The lowest BCUT2D eigenvalue weighted by Gasteiger charge is -1.96. The zero-order chi connectivity index (χ0) is 11.5. The van der Waals surface area contributed by atoms with Crippen molar-refractivity contribution in [2.75, 3.05) is 6.61 Å². The van der Waals surface area contributed by atoms with E-state index in [9.17, 15) is 9.18 Å². The largest absolute Gasteiger partial charge is 0.480 e. The third kappa shape index (κ3) is 2.17. The minimum atomic E-state index is -1.05. The van der Waals surface area contributed by atoms with Crippen LogP contribution < -0.4 is 0 Å². The van der Waals surface area contributed by atoms with Crippen LogP contribution in [0.1, 0.15) is 5.82 Å². The predicted octanol–water partition coefficient (Wildman–Crippen LogP) is 1.30. The molecule has 0 fully saturated rings. The van der Waals surface area contributed by atoms with Gasteiger partial charge < -0.3 is 14.8 Å². The van der Waals surface area contributed by atoms with Crippen LogP contribution in [0.3, 0.4) is 0 Å². The summed E-state index contributed by atoms with van der Waals surface area (Å²) >= 11 is 0. The van der Waals surface area contributed by atoms with Crippen LogP contribution in [0, 0.1) is 5.82 Å². The van der Waals surface area contributed by atoms with Crippen molar-refractivity contribution in [3.05, 3.63) is 29.8 Å². The average molecular weight is 224 g/mol. The predicted molar refractivity (Wildman–Crippen MR) is 53.3 cm³/mol. The summed E-state index contributed by atoms with van der Waals surface area (Å²) in [5.74, 6) is -1.07. The van der Waals surface area contributed by atoms with Crippen LogP contribution in [0.15, 0.2) is 18.2 Å². The number of hydrogen-bond acceptors (Lipinski definition) is 3. The van der Waals surface area contributed by atoms with Gasteiger partial charge in [0.25, 0.3) is 0 Å². The van der Waals surface area contributed by atoms with Gasteiger partial charge in [-0.25, -0.2) is 14.2 Å². The number of imidazole rings is 1. The van der Waals surface area contributed by atoms with Crippen LogP contribution in [0.5, 0.6) is 0 Å². The van der Waals surface area contributed by atoms with E-state index in [-0.39, 0.29) is 12.1 Å². The zero-order valence-electron chi connectivity index (χ0n) is 8.24. The Morgan fingerprint density at radius 1 is 1.56 bits per heavy atom. The molecule has 0 bridgehead atoms. The molecule has 2 rings (SSSR count). The number of hydrogen-bond donors (Lipinski definition) is 2. The summed E-state index contributed by atoms with van der Waals surface area (Å²) in [7, 11) is 0. The second-order valence-electron chi connectivity index (χ2n) is 3.21. The lowest BCUT2D eigenvalue weighted by Crippen LogP contribution is -2.07. The number of aromatic nitrogens is 2. The first-order valence-electron chi connectivity index (χ1n) is 4.59. The number of carboxylic acids is 1. The van der Waals surface area contributed by atoms with E-state index in [1.165, 1.54) is 6.07 Å². The van der Waals surface area contributed by atoms with Gasteiger partial charge >= 0.3 is 5.97 Å². The Morgan fingerprint density at radius 3 is 3.06 bits per heavy atom. The van der Waals surface area contributed by atoms with Crippen LogP contribution >= 0.6 is 0 Å². The summed E-state index contributed by atoms with van der Waals surface area (Å²) in [4.78, 5) is 17.0. The third-order valence-electron chi connectivity index (χ3n) is 1.98. The van der Waals surface area contributed by atoms with Gasteiger partial charge in [-0.1, -0.05) is 6.07 Å². The number of para-hydroxylation sites is 1. The van der Waals surface area contributed by atoms with E-state index in [0.29, 0.717) is 11.3 Å². The molecule has 0 saturated carbocycles. The zero-order valence-corrected chi connectivity index (χ0v) is 8.24. The summed E-state index contributed by atoms with van der Waals surface area (Å²) in [6.07, 6.45) is 0. The molecule has 0 aliphatic carbocycles. The monoisotopic (exact) mass is 224 g/mol. The Morgan fingerprint density at radius 2 is 2.38 bits per heavy atom. The highest BCUT2D eigenvalue weighted by molar-refractivity contribution is 5.75. The number of rotatable bonds is 4. The molecule has 2 N–H and O–H groups in total. The van der Waals surface area contributed by atoms with Gasteiger partial charge in [0.2, 0.25) is 0 Å². The summed E-state index contributed by atoms with van der Waals surface area (Å²) in [5.41, 5.74) is 0.797. The maximum Gasteiger partial charge on any atom is 0.329 e. The van der Waals surface area contributed by atoms with Crippen molar-refractivity contribution in [2.24, 2.45) is 0 Å². The van der Waals surface area contributed by atoms with Gasteiger partial charge in [0, 0.05) is 0 Å². The van der Waals surface area contributed by atoms with Gasteiger partial charge in [-0.2, -0.15) is 0 Å². The van der Waals surface area contributed by atoms with E-state index >= 15 is 0 Å². The Bertz CT molecular complexity index is 524. The number of carboxylic acid groups (broad SMARTS) is 1. The first-order valence-corrected chi connectivity index (χ1v) is 4.59. The first-order chi connectivity index (χ1) is 7.66. The number of H-pyrrole nitrogens is 1. The average Bonchev–Trinajstić information content (AvgIpc) is 2.61. The molecule has 1 aromatic carbocycles. The number of fused-ring (bicyclic) bond motifs is 1. The molecule has 2 aromatic rings. The maximum atomic E-state index is 13.2. The van der Waals surface area contributed by atoms with E-state index in [1.807, 2.05) is 0 Å². The van der Waals surface area contributed by atoms with Gasteiger partial charge in [-0.15, -0.1) is 0 Å². The van der Waals surface area contributed by atoms with Crippen molar-refractivity contribution in [1.82, 2.24) is 9.97 Å². The topological polar surface area (TPSA) is 75.2 Å². The molecule has 1 aromatic heterocycles. The van der Waals surface area contributed by atoms with Gasteiger partial charge in [-0.05, 0) is 12.1 Å². The SMILES string of the molecule is O=C(O)COCc1nc2c(F)cccc2[nH]1. The Kier molecular flexibility index (Phi) is 2.82. The molecule has 0 aliphatic rings. The first kappa shape index (κ1) is 10.6. The number of halogens is 1. The number of aliphatic carboxylic acids is 1. The van der Waals surface area contributed by atoms with Crippen molar-refractivity contribution in [2.45, 2.75) is 6.61 Å². The fourth-order valence-electron chi connectivity index (χ4n) is 1.35. The molecule has 5 nitrogen and oxygen atoms in total. The van der Waals surface area contributed by atoms with Crippen LogP contribution in [0.2, 0.25) is 0 Å². The van der Waals surface area contributed by atoms with Crippen molar-refractivity contribution in [3.8, 4) is 0 Å². The van der Waals surface area contributed by atoms with Gasteiger partial charge in [0.05, 0.1) is 5.52 Å². The second kappa shape index (κ2) is 4.28. The lowest BCUT2D eigenvalue weighted by molar-refractivity contribution is -0.142. The number of nitrogens with zero attached hydrogens (tertiary/aromatic N) is 1. The molecule has 0 radical (unpaired) electrons. The molecule has 0 unspecified atom stereocenters. The maximum absolute atomic E-state index is 13.2. The van der Waals surface area contributed by atoms with Crippen molar-refractivity contribution >= 4 is 17.0 Å². The fraction of sp³-hybridized carbons (Fsp3) is 0.200. The summed E-state index contributed by atoms with van der Waals surface area (Å²) in [6.45, 7) is -0.389. The Hall–Kier alpha value is -1.95. The highest BCUT2D eigenvalue weighted by Crippen LogP contribution is 2.14. The molecule has 6 heteroatoms. The van der Waals surface area contributed by atoms with Crippen LogP contribution in [-0.4, -0.2) is 27.7 Å². The number of aromatic amines is 1. The van der Waals surface area contributed by atoms with E-state index < -0.39 is 18.4 Å². The van der Waals surface area contributed by atoms with E-state index in [4.69, 9.17) is 9.84 Å². The standard InChI is InChI=1S/C10H9FN2O3/c11-6-2-1-3-7-10(6)13-8(12-7)4-16-5-9(14)15/h1-3H,4-5H2,(H,12,13)(H,14,15). The number of carbonyl (C=O) groups is 1. The van der Waals surface area contributed by atoms with Gasteiger partial charge in [0.15, 0.2) is 5.82 Å². The highest BCUT2D eigenvalue weighted by Gasteiger charge is 2.07. The molecule has 0 saturated heterocycles. The molecular weight excluding hydrogens is 215 g/mol. The number of nitrogens with one attached hydrogen (secondary N) is 1. The molecular formula is C10H9FN2O3. The van der Waals surface area contributed by atoms with E-state index in [0.717, 1.165) is 0 Å². The smallest absolute Gasteiger partial charge is 0.329 e. The minimum Gasteiger partial charge on any atom is -0.480 e. The van der Waals surface area contributed by atoms with Crippen molar-refractivity contribution < 1.29 is 19.0 Å². The molecule has 0 aliphatic heterocycles. The molecule has 16 heavy (non-hydrogen) atoms. The van der Waals surface area contributed by atoms with Crippen LogP contribution in [0.25, 0.3) is 11.0 Å². The Balaban J connectivity index is 2.14. The fourth-order valence-corrected chi connectivity index (χ4v) is 1.35. The lowest BCUT2D eigenvalue weighted by atomic mass is 10.3. The molecule has 0 spiro atoms. The van der Waals surface area contributed by atoms with E-state index in [1.54, 1.807) is 12.1 Å². The minimum absolute atomic E-state index is 0.0143. The van der Waals surface area contributed by atoms with Crippen LogP contribution in [0.4, 0.5) is 4.39 Å². The summed E-state index contributed by atoms with van der Waals surface area (Å²) in [6, 6.07) is 4.56. The normalized spacial score (nSPS) is 10.8. The summed E-state index contributed by atoms with van der Waals surface area (Å²) < 4.78 is 18.1.